The van der Waals surface area contributed by atoms with Gasteiger partial charge in [0.15, 0.2) is 0 Å². The molecule has 3 nitrogen and oxygen atoms in total. The zero-order valence-electron chi connectivity index (χ0n) is 7.07. The molecule has 1 atom stereocenters. The summed E-state index contributed by atoms with van der Waals surface area (Å²) in [5, 5.41) is 0. The second-order valence-electron chi connectivity index (χ2n) is 3.17. The van der Waals surface area contributed by atoms with Gasteiger partial charge in [0, 0.05) is 37.4 Å². The Morgan fingerprint density at radius 1 is 1.67 bits per heavy atom. The fourth-order valence-electron chi connectivity index (χ4n) is 1.56. The van der Waals surface area contributed by atoms with Gasteiger partial charge in [-0.05, 0) is 6.42 Å². The van der Waals surface area contributed by atoms with Crippen molar-refractivity contribution in [3.05, 3.63) is 12.4 Å². The molecule has 0 spiro atoms. The standard InChI is InChI=1S/C8H12BrN3/c1-11-5-3-10-8(11)12-4-2-7(9)6-12/h3,5,7H,2,4,6H2,1H3. The van der Waals surface area contributed by atoms with E-state index < -0.39 is 0 Å². The summed E-state index contributed by atoms with van der Waals surface area (Å²) in [6, 6.07) is 0. The van der Waals surface area contributed by atoms with Gasteiger partial charge in [-0.15, -0.1) is 0 Å². The second kappa shape index (κ2) is 3.09. The monoisotopic (exact) mass is 229 g/mol. The fraction of sp³-hybridized carbons (Fsp3) is 0.625. The van der Waals surface area contributed by atoms with Crippen LogP contribution in [-0.4, -0.2) is 27.5 Å². The summed E-state index contributed by atoms with van der Waals surface area (Å²) in [5.74, 6) is 1.08. The minimum absolute atomic E-state index is 0.634. The third-order valence-electron chi connectivity index (χ3n) is 2.21. The van der Waals surface area contributed by atoms with E-state index >= 15 is 0 Å². The van der Waals surface area contributed by atoms with Crippen molar-refractivity contribution in [2.45, 2.75) is 11.2 Å². The lowest BCUT2D eigenvalue weighted by Gasteiger charge is -2.16. The molecule has 0 N–H and O–H groups in total. The SMILES string of the molecule is Cn1ccnc1N1CCC(Br)C1. The molecule has 66 valence electrons. The zero-order valence-corrected chi connectivity index (χ0v) is 8.66. The van der Waals surface area contributed by atoms with Crippen molar-refractivity contribution in [1.82, 2.24) is 9.55 Å². The maximum Gasteiger partial charge on any atom is 0.205 e. The van der Waals surface area contributed by atoms with Crippen LogP contribution < -0.4 is 4.90 Å². The van der Waals surface area contributed by atoms with E-state index in [1.165, 1.54) is 6.42 Å². The van der Waals surface area contributed by atoms with E-state index in [1.54, 1.807) is 0 Å². The number of halogens is 1. The molecule has 4 heteroatoms. The Bertz CT molecular complexity index is 271. The Labute approximate surface area is 80.5 Å². The molecule has 2 heterocycles. The van der Waals surface area contributed by atoms with Gasteiger partial charge in [0.05, 0.1) is 0 Å². The second-order valence-corrected chi connectivity index (χ2v) is 4.47. The number of anilines is 1. The third-order valence-corrected chi connectivity index (χ3v) is 2.96. The maximum atomic E-state index is 4.30. The van der Waals surface area contributed by atoms with Crippen molar-refractivity contribution < 1.29 is 0 Å². The molecular weight excluding hydrogens is 218 g/mol. The van der Waals surface area contributed by atoms with E-state index in [4.69, 9.17) is 0 Å². The number of alkyl halides is 1. The molecule has 12 heavy (non-hydrogen) atoms. The van der Waals surface area contributed by atoms with E-state index in [2.05, 4.69) is 30.4 Å². The van der Waals surface area contributed by atoms with Gasteiger partial charge >= 0.3 is 0 Å². The first-order valence-electron chi connectivity index (χ1n) is 4.13. The minimum Gasteiger partial charge on any atom is -0.341 e. The van der Waals surface area contributed by atoms with Crippen molar-refractivity contribution in [3.63, 3.8) is 0 Å². The molecule has 0 radical (unpaired) electrons. The Morgan fingerprint density at radius 2 is 2.50 bits per heavy atom. The molecule has 1 aliphatic rings. The smallest absolute Gasteiger partial charge is 0.205 e. The molecule has 0 aromatic carbocycles. The highest BCUT2D eigenvalue weighted by Gasteiger charge is 2.22. The first-order chi connectivity index (χ1) is 5.77. The molecule has 0 bridgehead atoms. The van der Waals surface area contributed by atoms with Crippen LogP contribution in [0.3, 0.4) is 0 Å². The van der Waals surface area contributed by atoms with Gasteiger partial charge in [-0.1, -0.05) is 15.9 Å². The summed E-state index contributed by atoms with van der Waals surface area (Å²) in [4.78, 5) is 7.24. The summed E-state index contributed by atoms with van der Waals surface area (Å²) in [6.07, 6.45) is 5.04. The van der Waals surface area contributed by atoms with E-state index in [0.29, 0.717) is 4.83 Å². The highest BCUT2D eigenvalue weighted by atomic mass is 79.9. The molecule has 2 rings (SSSR count). The van der Waals surface area contributed by atoms with Crippen LogP contribution >= 0.6 is 15.9 Å². The molecule has 1 saturated heterocycles. The number of aromatic nitrogens is 2. The normalized spacial score (nSPS) is 23.5. The number of nitrogens with zero attached hydrogens (tertiary/aromatic N) is 3. The molecule has 0 saturated carbocycles. The van der Waals surface area contributed by atoms with E-state index in [1.807, 2.05) is 19.4 Å². The van der Waals surface area contributed by atoms with Crippen LogP contribution in [0.25, 0.3) is 0 Å². The molecular formula is C8H12BrN3. The van der Waals surface area contributed by atoms with Crippen molar-refractivity contribution >= 4 is 21.9 Å². The highest BCUT2D eigenvalue weighted by Crippen LogP contribution is 2.21. The van der Waals surface area contributed by atoms with Gasteiger partial charge < -0.3 is 9.47 Å². The van der Waals surface area contributed by atoms with Gasteiger partial charge in [-0.2, -0.15) is 0 Å². The summed E-state index contributed by atoms with van der Waals surface area (Å²) in [5.41, 5.74) is 0. The number of rotatable bonds is 1. The molecule has 1 unspecified atom stereocenters. The zero-order chi connectivity index (χ0) is 8.55. The molecule has 0 amide bonds. The predicted octanol–water partition coefficient (Wildman–Crippen LogP) is 1.39. The van der Waals surface area contributed by atoms with Crippen molar-refractivity contribution in [2.75, 3.05) is 18.0 Å². The van der Waals surface area contributed by atoms with Crippen LogP contribution in [0.1, 0.15) is 6.42 Å². The quantitative estimate of drug-likeness (QED) is 0.680. The van der Waals surface area contributed by atoms with Gasteiger partial charge in [0.2, 0.25) is 5.95 Å². The third kappa shape index (κ3) is 1.35. The van der Waals surface area contributed by atoms with Crippen LogP contribution in [0.2, 0.25) is 0 Å². The van der Waals surface area contributed by atoms with Crippen LogP contribution in [-0.2, 0) is 7.05 Å². The summed E-state index contributed by atoms with van der Waals surface area (Å²) in [7, 11) is 2.03. The van der Waals surface area contributed by atoms with Gasteiger partial charge in [-0.3, -0.25) is 0 Å². The lowest BCUT2D eigenvalue weighted by atomic mass is 10.4. The lowest BCUT2D eigenvalue weighted by Crippen LogP contribution is -2.22. The van der Waals surface area contributed by atoms with Crippen molar-refractivity contribution in [1.29, 1.82) is 0 Å². The molecule has 1 aromatic heterocycles. The maximum absolute atomic E-state index is 4.30. The summed E-state index contributed by atoms with van der Waals surface area (Å²) >= 11 is 3.61. The van der Waals surface area contributed by atoms with Crippen LogP contribution in [0.15, 0.2) is 12.4 Å². The Kier molecular flexibility index (Phi) is 2.09. The number of imidazole rings is 1. The van der Waals surface area contributed by atoms with Gasteiger partial charge in [-0.25, -0.2) is 4.98 Å². The predicted molar refractivity (Wildman–Crippen MR) is 52.8 cm³/mol. The van der Waals surface area contributed by atoms with Crippen LogP contribution in [0, 0.1) is 0 Å². The van der Waals surface area contributed by atoms with E-state index in [9.17, 15) is 0 Å². The Morgan fingerprint density at radius 3 is 3.00 bits per heavy atom. The van der Waals surface area contributed by atoms with Crippen molar-refractivity contribution in [2.24, 2.45) is 7.05 Å². The average Bonchev–Trinajstić information content (AvgIpc) is 2.58. The topological polar surface area (TPSA) is 21.1 Å². The first kappa shape index (κ1) is 8.10. The molecule has 1 aromatic rings. The average molecular weight is 230 g/mol. The Balaban J connectivity index is 2.16. The van der Waals surface area contributed by atoms with Crippen LogP contribution in [0.5, 0.6) is 0 Å². The largest absolute Gasteiger partial charge is 0.341 e. The number of hydrogen-bond donors (Lipinski definition) is 0. The Hall–Kier alpha value is -0.510. The lowest BCUT2D eigenvalue weighted by molar-refractivity contribution is 0.823. The summed E-state index contributed by atoms with van der Waals surface area (Å²) in [6.45, 7) is 2.19. The van der Waals surface area contributed by atoms with E-state index in [0.717, 1.165) is 19.0 Å². The highest BCUT2D eigenvalue weighted by molar-refractivity contribution is 9.09. The first-order valence-corrected chi connectivity index (χ1v) is 5.05. The molecule has 1 fully saturated rings. The van der Waals surface area contributed by atoms with Gasteiger partial charge in [0.25, 0.3) is 0 Å². The molecule has 1 aliphatic heterocycles. The van der Waals surface area contributed by atoms with Crippen molar-refractivity contribution in [3.8, 4) is 0 Å². The minimum atomic E-state index is 0.634. The van der Waals surface area contributed by atoms with Gasteiger partial charge in [0.1, 0.15) is 0 Å². The van der Waals surface area contributed by atoms with Crippen LogP contribution in [0.4, 0.5) is 5.95 Å². The number of hydrogen-bond acceptors (Lipinski definition) is 2. The molecule has 0 aliphatic carbocycles. The fourth-order valence-corrected chi connectivity index (χ4v) is 2.12. The van der Waals surface area contributed by atoms with E-state index in [-0.39, 0.29) is 0 Å². The summed E-state index contributed by atoms with van der Waals surface area (Å²) < 4.78 is 2.06. The number of aryl methyl sites for hydroxylation is 1.